The topological polar surface area (TPSA) is 59.4 Å². The van der Waals surface area contributed by atoms with E-state index in [0.29, 0.717) is 5.56 Å². The molecule has 5 nitrogen and oxygen atoms in total. The van der Waals surface area contributed by atoms with E-state index in [1.54, 1.807) is 12.4 Å². The fourth-order valence-electron chi connectivity index (χ4n) is 8.28. The van der Waals surface area contributed by atoms with Crippen LogP contribution >= 0.6 is 0 Å². The lowest BCUT2D eigenvalue weighted by Crippen LogP contribution is -2.03. The number of benzene rings is 8. The smallest absolute Gasteiger partial charge is 0.104 e. The first-order chi connectivity index (χ1) is 22.8. The molecule has 0 unspecified atom stereocenters. The van der Waals surface area contributed by atoms with Crippen LogP contribution in [0.2, 0.25) is 0 Å². The fourth-order valence-corrected chi connectivity index (χ4v) is 8.28. The molecule has 8 aromatic carbocycles. The third-order valence-corrected chi connectivity index (χ3v) is 9.96. The lowest BCUT2D eigenvalue weighted by molar-refractivity contribution is 1.12. The number of nitriles is 1. The molecule has 0 radical (unpaired) electrons. The molecular weight excluding hydrogens is 562 g/mol. The molecule has 0 saturated carbocycles. The maximum absolute atomic E-state index is 11.0. The summed E-state index contributed by atoms with van der Waals surface area (Å²) < 4.78 is 4.54. The highest BCUT2D eigenvalue weighted by Gasteiger charge is 2.25. The van der Waals surface area contributed by atoms with Gasteiger partial charge in [0.1, 0.15) is 11.6 Å². The van der Waals surface area contributed by atoms with Crippen molar-refractivity contribution in [2.75, 3.05) is 0 Å². The van der Waals surface area contributed by atoms with E-state index in [-0.39, 0.29) is 0 Å². The summed E-state index contributed by atoms with van der Waals surface area (Å²) in [5.41, 5.74) is 8.41. The summed E-state index contributed by atoms with van der Waals surface area (Å²) in [6.45, 7) is 0. The van der Waals surface area contributed by atoms with Gasteiger partial charge in [-0.1, -0.05) is 78.9 Å². The molecule has 5 heteroatoms. The van der Waals surface area contributed by atoms with E-state index in [1.807, 2.05) is 0 Å². The first-order valence-corrected chi connectivity index (χ1v) is 15.4. The van der Waals surface area contributed by atoms with Crippen LogP contribution in [0.5, 0.6) is 0 Å². The van der Waals surface area contributed by atoms with Gasteiger partial charge in [-0.15, -0.1) is 0 Å². The molecule has 210 valence electrons. The van der Waals surface area contributed by atoms with Crippen molar-refractivity contribution in [1.29, 1.82) is 5.26 Å². The van der Waals surface area contributed by atoms with Gasteiger partial charge in [0.15, 0.2) is 0 Å². The summed E-state index contributed by atoms with van der Waals surface area (Å²) in [4.78, 5) is 9.52. The van der Waals surface area contributed by atoms with Crippen molar-refractivity contribution in [3.05, 3.63) is 133 Å². The number of nitrogens with zero attached hydrogens (tertiary/aromatic N) is 5. The Hall–Kier alpha value is -6.51. The zero-order chi connectivity index (χ0) is 30.1. The minimum absolute atomic E-state index is 0.622. The van der Waals surface area contributed by atoms with Gasteiger partial charge in [-0.25, -0.2) is 0 Å². The van der Waals surface area contributed by atoms with Crippen molar-refractivity contribution in [2.24, 2.45) is 0 Å². The predicted molar refractivity (Wildman–Crippen MR) is 188 cm³/mol. The van der Waals surface area contributed by atoms with Gasteiger partial charge in [0.2, 0.25) is 0 Å². The third-order valence-electron chi connectivity index (χ3n) is 9.96. The van der Waals surface area contributed by atoms with Gasteiger partial charge in [-0.05, 0) is 57.9 Å². The van der Waals surface area contributed by atoms with E-state index >= 15 is 0 Å². The maximum Gasteiger partial charge on any atom is 0.104 e. The average molecular weight is 584 g/mol. The van der Waals surface area contributed by atoms with Gasteiger partial charge in [0, 0.05) is 44.7 Å². The molecule has 0 bridgehead atoms. The number of hydrogen-bond acceptors (Lipinski definition) is 3. The van der Waals surface area contributed by atoms with Crippen LogP contribution in [-0.4, -0.2) is 19.1 Å². The van der Waals surface area contributed by atoms with E-state index in [4.69, 9.17) is 9.97 Å². The Labute approximate surface area is 261 Å². The van der Waals surface area contributed by atoms with Gasteiger partial charge in [-0.3, -0.25) is 9.97 Å². The Bertz CT molecular complexity index is 2720. The Morgan fingerprint density at radius 1 is 0.413 bits per heavy atom. The minimum Gasteiger partial charge on any atom is -0.308 e. The molecule has 11 aromatic rings. The Morgan fingerprint density at radius 3 is 1.22 bits per heavy atom. The normalized spacial score (nSPS) is 12.3. The van der Waals surface area contributed by atoms with Gasteiger partial charge in [0.25, 0.3) is 0 Å². The van der Waals surface area contributed by atoms with Crippen LogP contribution in [-0.2, 0) is 0 Å². The first-order valence-electron chi connectivity index (χ1n) is 15.4. The molecule has 0 aliphatic carbocycles. The fraction of sp³-hybridized carbons (Fsp3) is 0. The highest BCUT2D eigenvalue weighted by molar-refractivity contribution is 6.35. The Morgan fingerprint density at radius 2 is 0.783 bits per heavy atom. The second-order valence-corrected chi connectivity index (χ2v) is 12.1. The van der Waals surface area contributed by atoms with E-state index < -0.39 is 0 Å². The molecular formula is C41H21N5. The van der Waals surface area contributed by atoms with Crippen LogP contribution in [0.3, 0.4) is 0 Å². The highest BCUT2D eigenvalue weighted by Crippen LogP contribution is 2.46. The molecule has 0 spiro atoms. The lowest BCUT2D eigenvalue weighted by atomic mass is 9.95. The molecule has 0 fully saturated rings. The standard InChI is InChI=1S/C41H21N5/c42-22-29-30(45-32-16-3-10-25-23-8-1-2-9-24(23)26-11-4-17-33(45)37(26)36(25)32)14-7-15-31(29)46-34-18-5-12-27-38(34)39-28(13-6-19-35(39)46)41-40(27)43-20-21-44-41/h1-21H. The summed E-state index contributed by atoms with van der Waals surface area (Å²) in [7, 11) is 0. The van der Waals surface area contributed by atoms with Crippen molar-refractivity contribution >= 4 is 87.0 Å². The van der Waals surface area contributed by atoms with Crippen molar-refractivity contribution in [3.8, 4) is 17.4 Å². The quantitative estimate of drug-likeness (QED) is 0.190. The molecule has 46 heavy (non-hydrogen) atoms. The molecule has 0 atom stereocenters. The van der Waals surface area contributed by atoms with Gasteiger partial charge in [-0.2, -0.15) is 5.26 Å². The lowest BCUT2D eigenvalue weighted by Gasteiger charge is -2.15. The summed E-state index contributed by atoms with van der Waals surface area (Å²) in [5.74, 6) is 0. The molecule has 3 heterocycles. The largest absolute Gasteiger partial charge is 0.308 e. The SMILES string of the molecule is N#Cc1c(-n2c3cccc4c5ccccc5c5cccc2c5c43)cccc1-n1c2cccc3c4nccnc4c4cccc1c4c32. The van der Waals surface area contributed by atoms with E-state index in [1.165, 1.54) is 32.3 Å². The van der Waals surface area contributed by atoms with Crippen molar-refractivity contribution in [3.63, 3.8) is 0 Å². The minimum atomic E-state index is 0.622. The molecule has 0 amide bonds. The number of aromatic nitrogens is 4. The highest BCUT2D eigenvalue weighted by atomic mass is 15.0. The molecule has 11 rings (SSSR count). The summed E-state index contributed by atoms with van der Waals surface area (Å²) >= 11 is 0. The number of rotatable bonds is 2. The van der Waals surface area contributed by atoms with Crippen molar-refractivity contribution in [2.45, 2.75) is 0 Å². The zero-order valence-electron chi connectivity index (χ0n) is 24.4. The molecule has 0 saturated heterocycles. The molecule has 0 N–H and O–H groups in total. The Kier molecular flexibility index (Phi) is 4.34. The van der Waals surface area contributed by atoms with Gasteiger partial charge in [0.05, 0.1) is 44.5 Å². The monoisotopic (exact) mass is 583 g/mol. The summed E-state index contributed by atoms with van der Waals surface area (Å²) in [6, 6.07) is 43.3. The third kappa shape index (κ3) is 2.72. The molecule has 0 aliphatic heterocycles. The number of fused-ring (bicyclic) bond motifs is 6. The van der Waals surface area contributed by atoms with E-state index in [2.05, 4.69) is 130 Å². The van der Waals surface area contributed by atoms with Crippen LogP contribution in [0.15, 0.2) is 128 Å². The first kappa shape index (κ1) is 23.9. The second-order valence-electron chi connectivity index (χ2n) is 12.1. The van der Waals surface area contributed by atoms with Crippen LogP contribution in [0.1, 0.15) is 5.56 Å². The van der Waals surface area contributed by atoms with Crippen LogP contribution in [0, 0.1) is 11.3 Å². The summed E-state index contributed by atoms with van der Waals surface area (Å²) in [6.07, 6.45) is 3.52. The van der Waals surface area contributed by atoms with E-state index in [0.717, 1.165) is 66.0 Å². The van der Waals surface area contributed by atoms with Crippen molar-refractivity contribution < 1.29 is 0 Å². The molecule has 3 aromatic heterocycles. The van der Waals surface area contributed by atoms with Crippen LogP contribution in [0.25, 0.3) is 98.3 Å². The van der Waals surface area contributed by atoms with Gasteiger partial charge >= 0.3 is 0 Å². The maximum atomic E-state index is 11.0. The second kappa shape index (κ2) is 8.35. The zero-order valence-corrected chi connectivity index (χ0v) is 24.4. The number of hydrogen-bond donors (Lipinski definition) is 0. The van der Waals surface area contributed by atoms with Crippen LogP contribution < -0.4 is 0 Å². The Balaban J connectivity index is 1.30. The molecule has 0 aliphatic rings. The van der Waals surface area contributed by atoms with Crippen LogP contribution in [0.4, 0.5) is 0 Å². The average Bonchev–Trinajstić information content (AvgIpc) is 3.64. The predicted octanol–water partition coefficient (Wildman–Crippen LogP) is 10.0. The summed E-state index contributed by atoms with van der Waals surface area (Å²) in [5, 5.41) is 22.8. The van der Waals surface area contributed by atoms with Crippen molar-refractivity contribution in [1.82, 2.24) is 19.1 Å². The van der Waals surface area contributed by atoms with Gasteiger partial charge < -0.3 is 9.13 Å². The van der Waals surface area contributed by atoms with E-state index in [9.17, 15) is 5.26 Å².